The maximum Gasteiger partial charge on any atom is 0.149 e. The molecule has 0 aromatic rings. The van der Waals surface area contributed by atoms with Crippen molar-refractivity contribution in [2.75, 3.05) is 18.6 Å². The van der Waals surface area contributed by atoms with E-state index in [1.165, 1.54) is 6.26 Å². The molecule has 72 valence electrons. The van der Waals surface area contributed by atoms with Gasteiger partial charge in [0.2, 0.25) is 0 Å². The molecule has 0 rings (SSSR count). The van der Waals surface area contributed by atoms with E-state index in [0.717, 1.165) is 0 Å². The lowest BCUT2D eigenvalue weighted by Crippen LogP contribution is -2.20. The standard InChI is InChI=1S/C7H16N2O2S/c1-6(2)7(8)9-4-5-12(3,10)11/h6H,4-5H2,1-3H3,(H2,8,9). The summed E-state index contributed by atoms with van der Waals surface area (Å²) in [5.41, 5.74) is 5.50. The largest absolute Gasteiger partial charge is 0.387 e. The molecular formula is C7H16N2O2S. The average molecular weight is 192 g/mol. The van der Waals surface area contributed by atoms with E-state index in [1.54, 1.807) is 0 Å². The molecule has 0 aliphatic carbocycles. The molecular weight excluding hydrogens is 176 g/mol. The number of hydrogen-bond donors (Lipinski definition) is 1. The van der Waals surface area contributed by atoms with Crippen LogP contribution in [0.5, 0.6) is 0 Å². The predicted octanol–water partition coefficient (Wildman–Crippen LogP) is 0.0442. The molecule has 0 saturated heterocycles. The highest BCUT2D eigenvalue weighted by atomic mass is 32.2. The first kappa shape index (κ1) is 11.4. The molecule has 0 unspecified atom stereocenters. The summed E-state index contributed by atoms with van der Waals surface area (Å²) in [7, 11) is -2.91. The highest BCUT2D eigenvalue weighted by Crippen LogP contribution is 1.92. The third kappa shape index (κ3) is 6.15. The van der Waals surface area contributed by atoms with Crippen LogP contribution in [-0.2, 0) is 9.84 Å². The van der Waals surface area contributed by atoms with Crippen LogP contribution >= 0.6 is 0 Å². The summed E-state index contributed by atoms with van der Waals surface area (Å²) in [5, 5.41) is 0. The quantitative estimate of drug-likeness (QED) is 0.505. The summed E-state index contributed by atoms with van der Waals surface area (Å²) >= 11 is 0. The number of amidine groups is 1. The fourth-order valence-electron chi connectivity index (χ4n) is 0.523. The van der Waals surface area contributed by atoms with E-state index in [1.807, 2.05) is 13.8 Å². The molecule has 0 aromatic heterocycles. The van der Waals surface area contributed by atoms with Gasteiger partial charge >= 0.3 is 0 Å². The van der Waals surface area contributed by atoms with Crippen molar-refractivity contribution in [1.82, 2.24) is 0 Å². The SMILES string of the molecule is CC(C)C(N)=NCCS(C)(=O)=O. The van der Waals surface area contributed by atoms with Gasteiger partial charge < -0.3 is 5.73 Å². The molecule has 0 aromatic carbocycles. The molecule has 0 saturated carbocycles. The first-order valence-corrected chi connectivity index (χ1v) is 5.86. The Morgan fingerprint density at radius 2 is 2.00 bits per heavy atom. The Kier molecular flexibility index (Phi) is 4.23. The van der Waals surface area contributed by atoms with Crippen molar-refractivity contribution in [2.45, 2.75) is 13.8 Å². The second kappa shape index (κ2) is 4.45. The molecule has 0 fully saturated rings. The summed E-state index contributed by atoms with van der Waals surface area (Å²) in [4.78, 5) is 3.92. The van der Waals surface area contributed by atoms with E-state index in [4.69, 9.17) is 5.73 Å². The highest BCUT2D eigenvalue weighted by Gasteiger charge is 2.02. The Labute approximate surface area is 73.8 Å². The van der Waals surface area contributed by atoms with Crippen LogP contribution in [0.3, 0.4) is 0 Å². The molecule has 4 nitrogen and oxygen atoms in total. The molecule has 5 heteroatoms. The van der Waals surface area contributed by atoms with Crippen molar-refractivity contribution in [3.05, 3.63) is 0 Å². The van der Waals surface area contributed by atoms with Crippen molar-refractivity contribution in [3.8, 4) is 0 Å². The minimum atomic E-state index is -2.91. The molecule has 0 aliphatic rings. The lowest BCUT2D eigenvalue weighted by molar-refractivity contribution is 0.601. The number of nitrogens with two attached hydrogens (primary N) is 1. The zero-order chi connectivity index (χ0) is 9.78. The normalized spacial score (nSPS) is 13.8. The molecule has 0 amide bonds. The topological polar surface area (TPSA) is 72.5 Å². The van der Waals surface area contributed by atoms with Gasteiger partial charge in [0.1, 0.15) is 9.84 Å². The first-order chi connectivity index (χ1) is 5.33. The number of sulfone groups is 1. The van der Waals surface area contributed by atoms with Gasteiger partial charge in [-0.05, 0) is 0 Å². The Balaban J connectivity index is 3.92. The highest BCUT2D eigenvalue weighted by molar-refractivity contribution is 7.90. The smallest absolute Gasteiger partial charge is 0.149 e. The van der Waals surface area contributed by atoms with Crippen LogP contribution in [0.1, 0.15) is 13.8 Å². The summed E-state index contributed by atoms with van der Waals surface area (Å²) in [6, 6.07) is 0. The van der Waals surface area contributed by atoms with Crippen LogP contribution in [0.2, 0.25) is 0 Å². The van der Waals surface area contributed by atoms with E-state index in [2.05, 4.69) is 4.99 Å². The Hall–Kier alpha value is -0.580. The molecule has 12 heavy (non-hydrogen) atoms. The minimum absolute atomic E-state index is 0.0699. The van der Waals surface area contributed by atoms with Crippen molar-refractivity contribution in [1.29, 1.82) is 0 Å². The first-order valence-electron chi connectivity index (χ1n) is 3.80. The molecule has 0 spiro atoms. The predicted molar refractivity (Wildman–Crippen MR) is 51.0 cm³/mol. The number of nitrogens with zero attached hydrogens (tertiary/aromatic N) is 1. The van der Waals surface area contributed by atoms with Gasteiger partial charge in [-0.25, -0.2) is 8.42 Å². The fraction of sp³-hybridized carbons (Fsp3) is 0.857. The van der Waals surface area contributed by atoms with Crippen molar-refractivity contribution < 1.29 is 8.42 Å². The van der Waals surface area contributed by atoms with Gasteiger partial charge in [0.15, 0.2) is 0 Å². The van der Waals surface area contributed by atoms with E-state index in [0.29, 0.717) is 5.84 Å². The molecule has 0 heterocycles. The Morgan fingerprint density at radius 3 is 2.33 bits per heavy atom. The molecule has 0 bridgehead atoms. The summed E-state index contributed by atoms with van der Waals surface area (Å²) < 4.78 is 21.3. The summed E-state index contributed by atoms with van der Waals surface area (Å²) in [6.07, 6.45) is 1.19. The third-order valence-electron chi connectivity index (χ3n) is 1.35. The van der Waals surface area contributed by atoms with E-state index in [9.17, 15) is 8.42 Å². The van der Waals surface area contributed by atoms with E-state index in [-0.39, 0.29) is 18.2 Å². The molecule has 0 atom stereocenters. The third-order valence-corrected chi connectivity index (χ3v) is 2.27. The van der Waals surface area contributed by atoms with E-state index >= 15 is 0 Å². The van der Waals surface area contributed by atoms with Gasteiger partial charge in [-0.15, -0.1) is 0 Å². The maximum atomic E-state index is 10.7. The monoisotopic (exact) mass is 192 g/mol. The van der Waals surface area contributed by atoms with Crippen LogP contribution in [0.15, 0.2) is 4.99 Å². The Morgan fingerprint density at radius 1 is 1.50 bits per heavy atom. The van der Waals surface area contributed by atoms with E-state index < -0.39 is 9.84 Å². The van der Waals surface area contributed by atoms with Crippen LogP contribution in [0, 0.1) is 5.92 Å². The molecule has 0 radical (unpaired) electrons. The van der Waals surface area contributed by atoms with Gasteiger partial charge in [-0.2, -0.15) is 0 Å². The summed E-state index contributed by atoms with van der Waals surface area (Å²) in [6.45, 7) is 4.10. The zero-order valence-corrected chi connectivity index (χ0v) is 8.56. The lowest BCUT2D eigenvalue weighted by Gasteiger charge is -2.02. The fourth-order valence-corrected chi connectivity index (χ4v) is 0.946. The van der Waals surface area contributed by atoms with Crippen molar-refractivity contribution in [3.63, 3.8) is 0 Å². The van der Waals surface area contributed by atoms with Gasteiger partial charge in [-0.1, -0.05) is 13.8 Å². The van der Waals surface area contributed by atoms with Crippen molar-refractivity contribution in [2.24, 2.45) is 16.6 Å². The van der Waals surface area contributed by atoms with Gasteiger partial charge in [-0.3, -0.25) is 4.99 Å². The van der Waals surface area contributed by atoms with Crippen LogP contribution < -0.4 is 5.73 Å². The van der Waals surface area contributed by atoms with Gasteiger partial charge in [0.25, 0.3) is 0 Å². The van der Waals surface area contributed by atoms with Crippen LogP contribution in [0.25, 0.3) is 0 Å². The zero-order valence-electron chi connectivity index (χ0n) is 7.74. The number of aliphatic imine (C=N–C) groups is 1. The van der Waals surface area contributed by atoms with Crippen LogP contribution in [-0.4, -0.2) is 32.8 Å². The van der Waals surface area contributed by atoms with Crippen LogP contribution in [0.4, 0.5) is 0 Å². The molecule has 0 aliphatic heterocycles. The van der Waals surface area contributed by atoms with Gasteiger partial charge in [0, 0.05) is 12.2 Å². The number of hydrogen-bond acceptors (Lipinski definition) is 3. The molecule has 2 N–H and O–H groups in total. The average Bonchev–Trinajstić information content (AvgIpc) is 1.84. The van der Waals surface area contributed by atoms with Gasteiger partial charge in [0.05, 0.1) is 18.1 Å². The van der Waals surface area contributed by atoms with Crippen molar-refractivity contribution >= 4 is 15.7 Å². The lowest BCUT2D eigenvalue weighted by atomic mass is 10.2. The second-order valence-corrected chi connectivity index (χ2v) is 5.35. The number of rotatable bonds is 4. The summed E-state index contributed by atoms with van der Waals surface area (Å²) in [5.74, 6) is 0.767. The minimum Gasteiger partial charge on any atom is -0.387 e. The second-order valence-electron chi connectivity index (χ2n) is 3.09. The maximum absolute atomic E-state index is 10.7. The Bertz CT molecular complexity index is 255.